The third kappa shape index (κ3) is 3.64. The molecule has 6 nitrogen and oxygen atoms in total. The fourth-order valence-corrected chi connectivity index (χ4v) is 5.55. The van der Waals surface area contributed by atoms with Gasteiger partial charge in [0.25, 0.3) is 0 Å². The highest BCUT2D eigenvalue weighted by atomic mass is 35.5. The van der Waals surface area contributed by atoms with Crippen LogP contribution in [0, 0.1) is 12.7 Å². The zero-order chi connectivity index (χ0) is 21.5. The van der Waals surface area contributed by atoms with Crippen molar-refractivity contribution in [1.82, 2.24) is 19.5 Å². The fourth-order valence-electron chi connectivity index (χ4n) is 4.16. The number of aryl methyl sites for hydroxylation is 1. The van der Waals surface area contributed by atoms with Gasteiger partial charge >= 0.3 is 0 Å². The number of hydrogen-bond donors (Lipinski definition) is 1. The first kappa shape index (κ1) is 20.2. The van der Waals surface area contributed by atoms with Gasteiger partial charge in [0.05, 0.1) is 16.6 Å². The van der Waals surface area contributed by atoms with Crippen LogP contribution >= 0.6 is 22.9 Å². The number of piperazine rings is 1. The van der Waals surface area contributed by atoms with E-state index in [1.54, 1.807) is 13.0 Å². The molecule has 1 fully saturated rings. The number of anilines is 1. The largest absolute Gasteiger partial charge is 0.492 e. The Morgan fingerprint density at radius 3 is 2.48 bits per heavy atom. The zero-order valence-corrected chi connectivity index (χ0v) is 18.4. The van der Waals surface area contributed by atoms with Crippen molar-refractivity contribution in [1.29, 1.82) is 0 Å². The van der Waals surface area contributed by atoms with E-state index in [-0.39, 0.29) is 17.7 Å². The first-order chi connectivity index (χ1) is 15.0. The highest BCUT2D eigenvalue weighted by Crippen LogP contribution is 2.42. The molecular formula is C22H21ClFN5OS. The van der Waals surface area contributed by atoms with E-state index >= 15 is 0 Å². The van der Waals surface area contributed by atoms with E-state index in [1.807, 2.05) is 36.4 Å². The van der Waals surface area contributed by atoms with Crippen LogP contribution in [0.4, 0.5) is 10.1 Å². The summed E-state index contributed by atoms with van der Waals surface area (Å²) in [5.41, 5.74) is 1.54. The number of aromatic nitrogens is 3. The Balaban J connectivity index is 1.50. The lowest BCUT2D eigenvalue weighted by Crippen LogP contribution is -2.48. The molecule has 0 aliphatic carbocycles. The van der Waals surface area contributed by atoms with E-state index in [1.165, 1.54) is 21.9 Å². The molecular weight excluding hydrogens is 437 g/mol. The molecule has 0 bridgehead atoms. The summed E-state index contributed by atoms with van der Waals surface area (Å²) in [6.45, 7) is 4.52. The van der Waals surface area contributed by atoms with Crippen LogP contribution in [0.3, 0.4) is 0 Å². The normalized spacial score (nSPS) is 16.2. The molecule has 1 aliphatic rings. The molecule has 2 aromatic carbocycles. The lowest BCUT2D eigenvalue weighted by atomic mass is 10.0. The van der Waals surface area contributed by atoms with Crippen LogP contribution in [0.1, 0.15) is 22.3 Å². The van der Waals surface area contributed by atoms with Gasteiger partial charge < -0.3 is 10.0 Å². The summed E-state index contributed by atoms with van der Waals surface area (Å²) in [5.74, 6) is 0.486. The lowest BCUT2D eigenvalue weighted by molar-refractivity contribution is 0.211. The monoisotopic (exact) mass is 457 g/mol. The summed E-state index contributed by atoms with van der Waals surface area (Å²) in [6, 6.07) is 14.3. The molecule has 0 saturated carbocycles. The van der Waals surface area contributed by atoms with Crippen molar-refractivity contribution in [2.45, 2.75) is 13.0 Å². The molecule has 0 radical (unpaired) electrons. The molecule has 1 atom stereocenters. The summed E-state index contributed by atoms with van der Waals surface area (Å²) in [6.07, 6.45) is 0. The first-order valence-corrected chi connectivity index (χ1v) is 11.3. The number of aromatic hydroxyl groups is 1. The van der Waals surface area contributed by atoms with Gasteiger partial charge in [-0.1, -0.05) is 53.3 Å². The third-order valence-corrected chi connectivity index (χ3v) is 7.04. The number of benzene rings is 2. The highest BCUT2D eigenvalue weighted by Gasteiger charge is 2.33. The Morgan fingerprint density at radius 1 is 1.06 bits per heavy atom. The van der Waals surface area contributed by atoms with Crippen LogP contribution in [-0.2, 0) is 0 Å². The maximum atomic E-state index is 14.3. The van der Waals surface area contributed by atoms with Crippen molar-refractivity contribution in [3.8, 4) is 5.88 Å². The van der Waals surface area contributed by atoms with Gasteiger partial charge in [-0.3, -0.25) is 4.90 Å². The van der Waals surface area contributed by atoms with Gasteiger partial charge in [0.15, 0.2) is 0 Å². The molecule has 160 valence electrons. The second-order valence-corrected chi connectivity index (χ2v) is 8.96. The molecule has 1 N–H and O–H groups in total. The SMILES string of the molecule is Cc1nc2sc([C@H](c3ccccc3Cl)N3CCN(c4ccccc4F)CC3)c(O)n2n1. The smallest absolute Gasteiger partial charge is 0.230 e. The Hall–Kier alpha value is -2.68. The average molecular weight is 458 g/mol. The van der Waals surface area contributed by atoms with Gasteiger partial charge in [-0.05, 0) is 30.7 Å². The van der Waals surface area contributed by atoms with Crippen molar-refractivity contribution < 1.29 is 9.50 Å². The third-order valence-electron chi connectivity index (χ3n) is 5.63. The van der Waals surface area contributed by atoms with E-state index in [2.05, 4.69) is 19.9 Å². The van der Waals surface area contributed by atoms with Crippen LogP contribution in [0.15, 0.2) is 48.5 Å². The van der Waals surface area contributed by atoms with Crippen LogP contribution in [0.25, 0.3) is 4.96 Å². The Morgan fingerprint density at radius 2 is 1.77 bits per heavy atom. The molecule has 9 heteroatoms. The van der Waals surface area contributed by atoms with Gasteiger partial charge in [0.1, 0.15) is 11.6 Å². The maximum Gasteiger partial charge on any atom is 0.230 e. The Bertz CT molecular complexity index is 1230. The molecule has 0 spiro atoms. The van der Waals surface area contributed by atoms with Crippen molar-refractivity contribution in [2.75, 3.05) is 31.1 Å². The summed E-state index contributed by atoms with van der Waals surface area (Å²) in [5, 5.41) is 15.9. The van der Waals surface area contributed by atoms with Crippen LogP contribution < -0.4 is 4.90 Å². The number of hydrogen-bond acceptors (Lipinski definition) is 6. The second-order valence-electron chi connectivity index (χ2n) is 7.54. The lowest BCUT2D eigenvalue weighted by Gasteiger charge is -2.40. The molecule has 0 amide bonds. The predicted octanol–water partition coefficient (Wildman–Crippen LogP) is 4.51. The van der Waals surface area contributed by atoms with E-state index < -0.39 is 0 Å². The number of nitrogens with zero attached hydrogens (tertiary/aromatic N) is 5. The quantitative estimate of drug-likeness (QED) is 0.488. The van der Waals surface area contributed by atoms with Crippen molar-refractivity contribution in [3.63, 3.8) is 0 Å². The second kappa shape index (κ2) is 8.11. The molecule has 0 unspecified atom stereocenters. The number of fused-ring (bicyclic) bond motifs is 1. The molecule has 2 aromatic heterocycles. The van der Waals surface area contributed by atoms with E-state index in [0.29, 0.717) is 47.7 Å². The molecule has 4 aromatic rings. The van der Waals surface area contributed by atoms with E-state index in [9.17, 15) is 9.50 Å². The van der Waals surface area contributed by atoms with Crippen molar-refractivity contribution in [3.05, 3.63) is 75.6 Å². The number of halogens is 2. The van der Waals surface area contributed by atoms with Gasteiger partial charge in [-0.2, -0.15) is 4.52 Å². The van der Waals surface area contributed by atoms with Gasteiger partial charge in [-0.25, -0.2) is 9.37 Å². The minimum atomic E-state index is -0.245. The number of rotatable bonds is 4. The Labute approximate surface area is 188 Å². The first-order valence-electron chi connectivity index (χ1n) is 10.1. The molecule has 1 aliphatic heterocycles. The van der Waals surface area contributed by atoms with Gasteiger partial charge in [0, 0.05) is 31.2 Å². The topological polar surface area (TPSA) is 56.9 Å². The minimum absolute atomic E-state index is 0.0852. The molecule has 31 heavy (non-hydrogen) atoms. The number of thiazole rings is 1. The fraction of sp³-hybridized carbons (Fsp3) is 0.273. The Kier molecular flexibility index (Phi) is 5.29. The molecule has 1 saturated heterocycles. The predicted molar refractivity (Wildman–Crippen MR) is 121 cm³/mol. The summed E-state index contributed by atoms with van der Waals surface area (Å²) >= 11 is 8.00. The van der Waals surface area contributed by atoms with Crippen LogP contribution in [-0.4, -0.2) is 50.8 Å². The minimum Gasteiger partial charge on any atom is -0.492 e. The standard InChI is InChI=1S/C22H21ClFN5OS/c1-14-25-22-29(26-14)21(30)20(31-22)19(15-6-2-3-7-16(15)23)28-12-10-27(11-13-28)18-9-5-4-8-17(18)24/h2-9,19,30H,10-13H2,1H3/t19-/m0/s1. The summed E-state index contributed by atoms with van der Waals surface area (Å²) in [4.78, 5) is 10.1. The van der Waals surface area contributed by atoms with Gasteiger partial charge in [0.2, 0.25) is 10.8 Å². The summed E-state index contributed by atoms with van der Waals surface area (Å²) < 4.78 is 15.7. The van der Waals surface area contributed by atoms with Gasteiger partial charge in [-0.15, -0.1) is 5.10 Å². The maximum absolute atomic E-state index is 14.3. The van der Waals surface area contributed by atoms with Crippen molar-refractivity contribution in [2.24, 2.45) is 0 Å². The highest BCUT2D eigenvalue weighted by molar-refractivity contribution is 7.17. The number of para-hydroxylation sites is 1. The van der Waals surface area contributed by atoms with Crippen LogP contribution in [0.5, 0.6) is 5.88 Å². The molecule has 3 heterocycles. The van der Waals surface area contributed by atoms with E-state index in [4.69, 9.17) is 11.6 Å². The van der Waals surface area contributed by atoms with Crippen molar-refractivity contribution >= 4 is 33.6 Å². The van der Waals surface area contributed by atoms with Crippen LogP contribution in [0.2, 0.25) is 5.02 Å². The van der Waals surface area contributed by atoms with E-state index in [0.717, 1.165) is 10.4 Å². The zero-order valence-electron chi connectivity index (χ0n) is 16.9. The molecule has 5 rings (SSSR count). The average Bonchev–Trinajstić information content (AvgIpc) is 3.28. The summed E-state index contributed by atoms with van der Waals surface area (Å²) in [7, 11) is 0.